The Morgan fingerprint density at radius 1 is 1.28 bits per heavy atom. The van der Waals surface area contributed by atoms with Crippen LogP contribution in [0.2, 0.25) is 0 Å². The zero-order valence-electron chi connectivity index (χ0n) is 14.2. The maximum atomic E-state index is 12.2. The number of nitro groups is 1. The number of hydrogen-bond acceptors (Lipinski definition) is 6. The standard InChI is InChI=1S/C16H20N2O7/c1-16(2,3)25-15(21)17-9-12(8-13(17)14(19)20)24-11-6-4-10(5-7-11)18(22)23/h4-7,12-13H,8-9H2,1-3H3,(H,19,20)/t12-,13+/m1/s1. The summed E-state index contributed by atoms with van der Waals surface area (Å²) in [5.74, 6) is -0.772. The van der Waals surface area contributed by atoms with Crippen LogP contribution in [0.3, 0.4) is 0 Å². The molecule has 0 aromatic heterocycles. The number of nitro benzene ring substituents is 1. The van der Waals surface area contributed by atoms with Crippen LogP contribution in [0.5, 0.6) is 5.75 Å². The van der Waals surface area contributed by atoms with E-state index < -0.39 is 34.7 Å². The topological polar surface area (TPSA) is 119 Å². The highest BCUT2D eigenvalue weighted by molar-refractivity contribution is 5.81. The minimum Gasteiger partial charge on any atom is -0.488 e. The smallest absolute Gasteiger partial charge is 0.411 e. The molecule has 9 nitrogen and oxygen atoms in total. The lowest BCUT2D eigenvalue weighted by Gasteiger charge is -2.26. The summed E-state index contributed by atoms with van der Waals surface area (Å²) in [6.45, 7) is 5.15. The summed E-state index contributed by atoms with van der Waals surface area (Å²) in [6, 6.07) is 4.42. The molecule has 1 aliphatic rings. The predicted molar refractivity (Wildman–Crippen MR) is 86.5 cm³/mol. The molecule has 1 aromatic rings. The van der Waals surface area contributed by atoms with Gasteiger partial charge in [-0.1, -0.05) is 0 Å². The Bertz CT molecular complexity index is 666. The third kappa shape index (κ3) is 4.82. The molecule has 1 aromatic carbocycles. The molecule has 1 fully saturated rings. The molecule has 0 radical (unpaired) electrons. The summed E-state index contributed by atoms with van der Waals surface area (Å²) >= 11 is 0. The van der Waals surface area contributed by atoms with Crippen LogP contribution >= 0.6 is 0 Å². The van der Waals surface area contributed by atoms with Crippen molar-refractivity contribution in [3.8, 4) is 5.75 Å². The van der Waals surface area contributed by atoms with Crippen molar-refractivity contribution >= 4 is 17.7 Å². The highest BCUT2D eigenvalue weighted by Crippen LogP contribution is 2.26. The molecule has 25 heavy (non-hydrogen) atoms. The molecular formula is C16H20N2O7. The molecule has 0 aliphatic carbocycles. The van der Waals surface area contributed by atoms with Gasteiger partial charge in [0.05, 0.1) is 11.5 Å². The second kappa shape index (κ2) is 6.96. The summed E-state index contributed by atoms with van der Waals surface area (Å²) in [5.41, 5.74) is -0.810. The van der Waals surface area contributed by atoms with Gasteiger partial charge in [0.2, 0.25) is 0 Å². The first-order valence-corrected chi connectivity index (χ1v) is 7.70. The number of benzene rings is 1. The number of non-ortho nitro benzene ring substituents is 1. The van der Waals surface area contributed by atoms with Crippen molar-refractivity contribution in [1.82, 2.24) is 4.90 Å². The Morgan fingerprint density at radius 2 is 1.88 bits per heavy atom. The fourth-order valence-electron chi connectivity index (χ4n) is 2.48. The SMILES string of the molecule is CC(C)(C)OC(=O)N1C[C@H](Oc2ccc([N+](=O)[O-])cc2)C[C@H]1C(=O)O. The highest BCUT2D eigenvalue weighted by atomic mass is 16.6. The summed E-state index contributed by atoms with van der Waals surface area (Å²) in [7, 11) is 0. The van der Waals surface area contributed by atoms with E-state index in [1.165, 1.54) is 24.3 Å². The lowest BCUT2D eigenvalue weighted by molar-refractivity contribution is -0.384. The number of aliphatic carboxylic acids is 1. The molecule has 0 saturated carbocycles. The first-order valence-electron chi connectivity index (χ1n) is 7.70. The number of amides is 1. The summed E-state index contributed by atoms with van der Waals surface area (Å²) < 4.78 is 10.9. The van der Waals surface area contributed by atoms with Crippen LogP contribution in [0.4, 0.5) is 10.5 Å². The van der Waals surface area contributed by atoms with E-state index in [9.17, 15) is 24.8 Å². The van der Waals surface area contributed by atoms with Crippen molar-refractivity contribution < 1.29 is 29.1 Å². The fourth-order valence-corrected chi connectivity index (χ4v) is 2.48. The van der Waals surface area contributed by atoms with Crippen molar-refractivity contribution in [3.05, 3.63) is 34.4 Å². The number of carbonyl (C=O) groups excluding carboxylic acids is 1. The van der Waals surface area contributed by atoms with Gasteiger partial charge >= 0.3 is 12.1 Å². The van der Waals surface area contributed by atoms with Crippen LogP contribution in [0.1, 0.15) is 27.2 Å². The summed E-state index contributed by atoms with van der Waals surface area (Å²) in [4.78, 5) is 34.9. The van der Waals surface area contributed by atoms with Gasteiger partial charge < -0.3 is 14.6 Å². The zero-order chi connectivity index (χ0) is 18.8. The molecule has 1 saturated heterocycles. The monoisotopic (exact) mass is 352 g/mol. The van der Waals surface area contributed by atoms with E-state index in [-0.39, 0.29) is 18.7 Å². The molecule has 1 amide bonds. The van der Waals surface area contributed by atoms with Crippen molar-refractivity contribution in [3.63, 3.8) is 0 Å². The minimum absolute atomic E-state index is 0.0584. The summed E-state index contributed by atoms with van der Waals surface area (Å²) in [5, 5.41) is 20.0. The van der Waals surface area contributed by atoms with Crippen molar-refractivity contribution in [2.75, 3.05) is 6.54 Å². The van der Waals surface area contributed by atoms with Gasteiger partial charge in [-0.3, -0.25) is 15.0 Å². The van der Waals surface area contributed by atoms with Crippen LogP contribution < -0.4 is 4.74 Å². The molecule has 136 valence electrons. The van der Waals surface area contributed by atoms with Gasteiger partial charge in [0, 0.05) is 18.6 Å². The number of nitrogens with zero attached hydrogens (tertiary/aromatic N) is 2. The molecule has 1 N–H and O–H groups in total. The maximum Gasteiger partial charge on any atom is 0.411 e. The van der Waals surface area contributed by atoms with E-state index in [0.29, 0.717) is 5.75 Å². The van der Waals surface area contributed by atoms with Crippen LogP contribution in [0.25, 0.3) is 0 Å². The second-order valence-electron chi connectivity index (χ2n) is 6.71. The highest BCUT2D eigenvalue weighted by Gasteiger charge is 2.42. The molecule has 9 heteroatoms. The molecule has 0 spiro atoms. The maximum absolute atomic E-state index is 12.2. The Kier molecular flexibility index (Phi) is 5.15. The van der Waals surface area contributed by atoms with E-state index in [0.717, 1.165) is 4.90 Å². The first kappa shape index (κ1) is 18.5. The van der Waals surface area contributed by atoms with Gasteiger partial charge in [0.25, 0.3) is 5.69 Å². The lowest BCUT2D eigenvalue weighted by atomic mass is 10.2. The van der Waals surface area contributed by atoms with E-state index in [2.05, 4.69) is 0 Å². The van der Waals surface area contributed by atoms with Gasteiger partial charge in [0.15, 0.2) is 0 Å². The van der Waals surface area contributed by atoms with Crippen LogP contribution in [-0.2, 0) is 9.53 Å². The number of carbonyl (C=O) groups is 2. The zero-order valence-corrected chi connectivity index (χ0v) is 14.2. The third-order valence-electron chi connectivity index (χ3n) is 3.53. The lowest BCUT2D eigenvalue weighted by Crippen LogP contribution is -2.43. The average Bonchev–Trinajstić information content (AvgIpc) is 2.90. The average molecular weight is 352 g/mol. The quantitative estimate of drug-likeness (QED) is 0.653. The van der Waals surface area contributed by atoms with E-state index in [1.807, 2.05) is 0 Å². The summed E-state index contributed by atoms with van der Waals surface area (Å²) in [6.07, 6.45) is -1.16. The van der Waals surface area contributed by atoms with Gasteiger partial charge in [-0.2, -0.15) is 0 Å². The minimum atomic E-state index is -1.14. The molecule has 1 aliphatic heterocycles. The number of carboxylic acids is 1. The second-order valence-corrected chi connectivity index (χ2v) is 6.71. The van der Waals surface area contributed by atoms with E-state index >= 15 is 0 Å². The number of rotatable bonds is 4. The van der Waals surface area contributed by atoms with Crippen molar-refractivity contribution in [2.24, 2.45) is 0 Å². The Balaban J connectivity index is 2.07. The first-order chi connectivity index (χ1) is 11.6. The predicted octanol–water partition coefficient (Wildman–Crippen LogP) is 2.44. The largest absolute Gasteiger partial charge is 0.488 e. The molecule has 0 unspecified atom stereocenters. The number of ether oxygens (including phenoxy) is 2. The third-order valence-corrected chi connectivity index (χ3v) is 3.53. The molecule has 0 bridgehead atoms. The van der Waals surface area contributed by atoms with Crippen LogP contribution in [0.15, 0.2) is 24.3 Å². The van der Waals surface area contributed by atoms with Gasteiger partial charge in [-0.05, 0) is 32.9 Å². The van der Waals surface area contributed by atoms with Gasteiger partial charge in [-0.25, -0.2) is 9.59 Å². The molecule has 2 atom stereocenters. The van der Waals surface area contributed by atoms with Crippen LogP contribution in [-0.4, -0.2) is 51.3 Å². The molecule has 1 heterocycles. The number of carboxylic acid groups (broad SMARTS) is 1. The van der Waals surface area contributed by atoms with E-state index in [1.54, 1.807) is 20.8 Å². The fraction of sp³-hybridized carbons (Fsp3) is 0.500. The van der Waals surface area contributed by atoms with Crippen molar-refractivity contribution in [2.45, 2.75) is 44.9 Å². The Morgan fingerprint density at radius 3 is 2.36 bits per heavy atom. The Hall–Kier alpha value is -2.84. The molecular weight excluding hydrogens is 332 g/mol. The Labute approximate surface area is 144 Å². The molecule has 2 rings (SSSR count). The van der Waals surface area contributed by atoms with Gasteiger partial charge in [0.1, 0.15) is 23.5 Å². The van der Waals surface area contributed by atoms with Gasteiger partial charge in [-0.15, -0.1) is 0 Å². The normalized spacial score (nSPS) is 20.2. The van der Waals surface area contributed by atoms with Crippen LogP contribution in [0, 0.1) is 10.1 Å². The number of hydrogen-bond donors (Lipinski definition) is 1. The van der Waals surface area contributed by atoms with E-state index in [4.69, 9.17) is 9.47 Å². The van der Waals surface area contributed by atoms with Crippen molar-refractivity contribution in [1.29, 1.82) is 0 Å². The number of likely N-dealkylation sites (tertiary alicyclic amines) is 1.